The van der Waals surface area contributed by atoms with Gasteiger partial charge in [-0.2, -0.15) is 0 Å². The molecular weight excluding hydrogens is 243 g/mol. The van der Waals surface area contributed by atoms with Crippen LogP contribution in [0.3, 0.4) is 0 Å². The summed E-state index contributed by atoms with van der Waals surface area (Å²) in [5, 5.41) is 11.5. The van der Waals surface area contributed by atoms with E-state index in [-0.39, 0.29) is 54.8 Å². The van der Waals surface area contributed by atoms with Crippen LogP contribution < -0.4 is 34.7 Å². The van der Waals surface area contributed by atoms with Gasteiger partial charge in [-0.15, -0.1) is 5.73 Å². The van der Waals surface area contributed by atoms with Gasteiger partial charge in [-0.1, -0.05) is 6.92 Å². The van der Waals surface area contributed by atoms with Crippen LogP contribution in [-0.4, -0.2) is 19.2 Å². The van der Waals surface area contributed by atoms with Crippen LogP contribution in [0.5, 0.6) is 0 Å². The molecule has 96 valence electrons. The molecule has 0 fully saturated rings. The minimum absolute atomic E-state index is 0. The van der Waals surface area contributed by atoms with Crippen molar-refractivity contribution in [3.05, 3.63) is 28.9 Å². The maximum atomic E-state index is 11.5. The molecule has 5 heteroatoms. The zero-order valence-electron chi connectivity index (χ0n) is 11.8. The Bertz CT molecular complexity index is 348. The van der Waals surface area contributed by atoms with E-state index in [1.165, 1.54) is 0 Å². The molecule has 0 amide bonds. The second-order valence-electron chi connectivity index (χ2n) is 3.47. The summed E-state index contributed by atoms with van der Waals surface area (Å²) >= 11 is 0. The van der Waals surface area contributed by atoms with Gasteiger partial charge in [-0.05, 0) is 39.0 Å². The first-order valence-electron chi connectivity index (χ1n) is 5.61. The third kappa shape index (κ3) is 8.43. The quantitative estimate of drug-likeness (QED) is 0.196. The third-order valence-electron chi connectivity index (χ3n) is 1.74. The van der Waals surface area contributed by atoms with E-state index in [1.807, 2.05) is 13.8 Å². The molecule has 0 rings (SSSR count). The van der Waals surface area contributed by atoms with Crippen molar-refractivity contribution in [3.8, 4) is 0 Å². The number of allylic oxidation sites excluding steroid dienone is 1. The maximum Gasteiger partial charge on any atom is 1.00 e. The van der Waals surface area contributed by atoms with E-state index < -0.39 is 11.9 Å². The van der Waals surface area contributed by atoms with E-state index in [0.29, 0.717) is 0 Å². The predicted octanol–water partition coefficient (Wildman–Crippen LogP) is -1.33. The molecule has 0 bridgehead atoms. The summed E-state index contributed by atoms with van der Waals surface area (Å²) in [5.74, 6) is -1.25. The molecule has 0 saturated heterocycles. The molecule has 0 aliphatic rings. The Balaban J connectivity index is 0. The molecule has 0 unspecified atom stereocenters. The molecule has 0 aromatic heterocycles. The summed E-state index contributed by atoms with van der Waals surface area (Å²) in [7, 11) is 0. The fourth-order valence-corrected chi connectivity index (χ4v) is 1.04. The molecule has 0 aromatic carbocycles. The second-order valence-corrected chi connectivity index (χ2v) is 3.47. The molecule has 0 N–H and O–H groups in total. The number of esters is 1. The maximum absolute atomic E-state index is 11.5. The van der Waals surface area contributed by atoms with Crippen molar-refractivity contribution in [2.45, 2.75) is 34.1 Å². The Labute approximate surface area is 131 Å². The Morgan fingerprint density at radius 3 is 2.22 bits per heavy atom. The molecular formula is C13H19NaO4. The fraction of sp³-hybridized carbons (Fsp3) is 0.538. The fourth-order valence-electron chi connectivity index (χ4n) is 1.04. The van der Waals surface area contributed by atoms with Crippen LogP contribution in [0.25, 0.3) is 0 Å². The average molecular weight is 262 g/mol. The van der Waals surface area contributed by atoms with Crippen LogP contribution in [-0.2, 0) is 14.3 Å². The minimum atomic E-state index is -0.627. The Morgan fingerprint density at radius 1 is 1.22 bits per heavy atom. The van der Waals surface area contributed by atoms with Crippen molar-refractivity contribution < 1.29 is 48.9 Å². The van der Waals surface area contributed by atoms with Crippen LogP contribution in [0.2, 0.25) is 0 Å². The van der Waals surface area contributed by atoms with E-state index in [2.05, 4.69) is 5.73 Å². The predicted molar refractivity (Wildman–Crippen MR) is 62.8 cm³/mol. The van der Waals surface area contributed by atoms with E-state index >= 15 is 0 Å². The largest absolute Gasteiger partial charge is 1.00 e. The molecule has 0 aliphatic carbocycles. The number of rotatable bonds is 6. The summed E-state index contributed by atoms with van der Waals surface area (Å²) in [6.45, 7) is 7.59. The van der Waals surface area contributed by atoms with Gasteiger partial charge in [0.2, 0.25) is 0 Å². The zero-order chi connectivity index (χ0) is 13.3. The van der Waals surface area contributed by atoms with E-state index in [9.17, 15) is 9.90 Å². The zero-order valence-corrected chi connectivity index (χ0v) is 13.8. The van der Waals surface area contributed by atoms with E-state index in [1.54, 1.807) is 19.9 Å². The summed E-state index contributed by atoms with van der Waals surface area (Å²) in [5.41, 5.74) is 3.90. The monoisotopic (exact) mass is 262 g/mol. The minimum Gasteiger partial charge on any atom is -0.613 e. The summed E-state index contributed by atoms with van der Waals surface area (Å²) in [4.78, 5) is 11.5. The van der Waals surface area contributed by atoms with E-state index in [0.717, 1.165) is 5.57 Å². The number of ether oxygens (including phenoxy) is 2. The standard InChI is InChI=1S/C13H20O4.Na/c1-5-16-12(14)11(13(15)17-6-2)9-7-8-10(3)4;/h7,14H,5-6,9H2,1-4H3;/q;+1/p-1/b12-11+;. The second kappa shape index (κ2) is 11.4. The van der Waals surface area contributed by atoms with Crippen molar-refractivity contribution in [1.82, 2.24) is 0 Å². The molecule has 0 heterocycles. The summed E-state index contributed by atoms with van der Waals surface area (Å²) < 4.78 is 9.60. The van der Waals surface area contributed by atoms with Crippen LogP contribution in [0.15, 0.2) is 28.9 Å². The van der Waals surface area contributed by atoms with Gasteiger partial charge in [0.1, 0.15) is 0 Å². The van der Waals surface area contributed by atoms with Gasteiger partial charge in [0.25, 0.3) is 0 Å². The Morgan fingerprint density at radius 2 is 1.78 bits per heavy atom. The average Bonchev–Trinajstić information content (AvgIpc) is 2.24. The van der Waals surface area contributed by atoms with Gasteiger partial charge in [-0.3, -0.25) is 0 Å². The van der Waals surface area contributed by atoms with Crippen LogP contribution in [0.1, 0.15) is 34.1 Å². The summed E-state index contributed by atoms with van der Waals surface area (Å²) in [6, 6.07) is 0. The molecule has 0 spiro atoms. The first kappa shape index (κ1) is 19.7. The topological polar surface area (TPSA) is 58.6 Å². The van der Waals surface area contributed by atoms with Gasteiger partial charge in [0.05, 0.1) is 18.1 Å². The van der Waals surface area contributed by atoms with Gasteiger partial charge in [0.15, 0.2) is 0 Å². The smallest absolute Gasteiger partial charge is 0.613 e. The Hall–Kier alpha value is -0.670. The van der Waals surface area contributed by atoms with Gasteiger partial charge >= 0.3 is 35.5 Å². The Kier molecular flexibility index (Phi) is 12.5. The molecule has 0 atom stereocenters. The first-order chi connectivity index (χ1) is 8.02. The third-order valence-corrected chi connectivity index (χ3v) is 1.74. The van der Waals surface area contributed by atoms with Gasteiger partial charge in [0, 0.05) is 6.42 Å². The van der Waals surface area contributed by atoms with Gasteiger partial charge in [-0.25, -0.2) is 4.79 Å². The summed E-state index contributed by atoms with van der Waals surface area (Å²) in [6.07, 6.45) is 1.79. The molecule has 18 heavy (non-hydrogen) atoms. The molecule has 0 saturated carbocycles. The molecule has 0 radical (unpaired) electrons. The van der Waals surface area contributed by atoms with Crippen LogP contribution in [0.4, 0.5) is 0 Å². The molecule has 0 aromatic rings. The molecule has 0 aliphatic heterocycles. The SMILES string of the molecule is CCOC(=O)/C(CC=C=C(C)C)=C(\[O-])OCC.[Na+]. The van der Waals surface area contributed by atoms with Crippen LogP contribution in [0, 0.1) is 0 Å². The molecule has 4 nitrogen and oxygen atoms in total. The normalized spacial score (nSPS) is 10.4. The van der Waals surface area contributed by atoms with Crippen molar-refractivity contribution in [3.63, 3.8) is 0 Å². The van der Waals surface area contributed by atoms with Crippen LogP contribution >= 0.6 is 0 Å². The van der Waals surface area contributed by atoms with E-state index in [4.69, 9.17) is 9.47 Å². The number of carbonyl (C=O) groups is 1. The van der Waals surface area contributed by atoms with Gasteiger partial charge < -0.3 is 14.6 Å². The van der Waals surface area contributed by atoms with Crippen molar-refractivity contribution in [2.24, 2.45) is 0 Å². The van der Waals surface area contributed by atoms with Crippen molar-refractivity contribution in [1.29, 1.82) is 0 Å². The van der Waals surface area contributed by atoms with Crippen molar-refractivity contribution in [2.75, 3.05) is 13.2 Å². The van der Waals surface area contributed by atoms with Crippen molar-refractivity contribution >= 4 is 5.97 Å². The number of hydrogen-bond acceptors (Lipinski definition) is 4. The number of carbonyl (C=O) groups excluding carboxylic acids is 1. The first-order valence-corrected chi connectivity index (χ1v) is 5.61. The number of hydrogen-bond donors (Lipinski definition) is 0.